The van der Waals surface area contributed by atoms with E-state index in [1.807, 2.05) is 20.8 Å². The van der Waals surface area contributed by atoms with Gasteiger partial charge in [0.15, 0.2) is 0 Å². The van der Waals surface area contributed by atoms with Crippen LogP contribution in [-0.2, 0) is 4.74 Å². The molecule has 45 heavy (non-hydrogen) atoms. The number of benzene rings is 2. The number of nitrogens with one attached hydrogen (secondary N) is 3. The fraction of sp³-hybridized carbons (Fsp3) is 0.424. The summed E-state index contributed by atoms with van der Waals surface area (Å²) >= 11 is 6.80. The van der Waals surface area contributed by atoms with Crippen LogP contribution in [0.5, 0.6) is 0 Å². The van der Waals surface area contributed by atoms with Gasteiger partial charge in [0.1, 0.15) is 23.2 Å². The first kappa shape index (κ1) is 29.3. The molecule has 3 N–H and O–H groups in total. The standard InChI is InChI=1S/C33H36ClFN8O2/c1-33(2,3)45-32(44)40-27-7-5-4-6-26(27)39-29-20(16-36)17-37-31-24(29)14-22(15-25(31)34)38-30(19-8-10-21(35)11-9-19)28-18-43(42-41-28)23-12-13-23/h8-11,14-15,17-18,23,26-27,30,38H,4-7,12-13H2,1-3H3,(H,37,39)(H,40,44)/t26-,27+,30+/m0/s1/i30D. The molecule has 0 radical (unpaired) electrons. The van der Waals surface area contributed by atoms with Crippen LogP contribution >= 0.6 is 11.6 Å². The van der Waals surface area contributed by atoms with Crippen LogP contribution in [0.4, 0.5) is 20.6 Å². The van der Waals surface area contributed by atoms with Gasteiger partial charge < -0.3 is 20.7 Å². The molecule has 2 fully saturated rings. The molecule has 0 bridgehead atoms. The Labute approximate surface area is 267 Å². The highest BCUT2D eigenvalue weighted by Crippen LogP contribution is 2.38. The molecule has 0 spiro atoms. The number of nitriles is 1. The number of pyridine rings is 1. The minimum absolute atomic E-state index is 0.193. The van der Waals surface area contributed by atoms with Gasteiger partial charge in [-0.15, -0.1) is 5.10 Å². The van der Waals surface area contributed by atoms with Crippen LogP contribution in [0.1, 0.15) is 89.5 Å². The molecule has 2 heterocycles. The predicted molar refractivity (Wildman–Crippen MR) is 171 cm³/mol. The number of anilines is 2. The Kier molecular flexibility index (Phi) is 8.15. The van der Waals surface area contributed by atoms with Crippen molar-refractivity contribution in [1.29, 1.82) is 5.26 Å². The number of carbonyl (C=O) groups is 1. The summed E-state index contributed by atoms with van der Waals surface area (Å²) in [4.78, 5) is 17.2. The lowest BCUT2D eigenvalue weighted by molar-refractivity contribution is 0.0488. The lowest BCUT2D eigenvalue weighted by Crippen LogP contribution is -2.49. The van der Waals surface area contributed by atoms with Crippen LogP contribution in [-0.4, -0.2) is 43.8 Å². The van der Waals surface area contributed by atoms with Crippen molar-refractivity contribution in [2.75, 3.05) is 10.6 Å². The summed E-state index contributed by atoms with van der Waals surface area (Å²) in [5.74, 6) is -0.422. The molecule has 10 nitrogen and oxygen atoms in total. The van der Waals surface area contributed by atoms with Gasteiger partial charge in [0.25, 0.3) is 0 Å². The minimum atomic E-state index is -1.66. The van der Waals surface area contributed by atoms with E-state index in [4.69, 9.17) is 16.3 Å². The highest BCUT2D eigenvalue weighted by Gasteiger charge is 2.30. The van der Waals surface area contributed by atoms with Crippen LogP contribution in [0, 0.1) is 17.1 Å². The molecule has 2 aliphatic rings. The van der Waals surface area contributed by atoms with Crippen molar-refractivity contribution >= 4 is 40.0 Å². The van der Waals surface area contributed by atoms with Gasteiger partial charge in [-0.2, -0.15) is 5.26 Å². The highest BCUT2D eigenvalue weighted by molar-refractivity contribution is 6.35. The van der Waals surface area contributed by atoms with E-state index >= 15 is 0 Å². The predicted octanol–water partition coefficient (Wildman–Crippen LogP) is 7.27. The van der Waals surface area contributed by atoms with Gasteiger partial charge in [-0.05, 0) is 76.3 Å². The molecule has 0 aliphatic heterocycles. The zero-order chi connectivity index (χ0) is 32.6. The molecule has 12 heteroatoms. The van der Waals surface area contributed by atoms with Crippen molar-refractivity contribution in [3.63, 3.8) is 0 Å². The number of nitrogens with zero attached hydrogens (tertiary/aromatic N) is 5. The monoisotopic (exact) mass is 631 g/mol. The fourth-order valence-corrected chi connectivity index (χ4v) is 5.91. The Balaban J connectivity index is 1.38. The average molecular weight is 632 g/mol. The maximum atomic E-state index is 13.9. The van der Waals surface area contributed by atoms with Crippen LogP contribution in [0.25, 0.3) is 10.9 Å². The second-order valence-corrected chi connectivity index (χ2v) is 13.0. The van der Waals surface area contributed by atoms with E-state index in [9.17, 15) is 15.8 Å². The third-order valence-electron chi connectivity index (χ3n) is 7.93. The van der Waals surface area contributed by atoms with E-state index in [0.29, 0.717) is 44.1 Å². The molecule has 4 aromatic rings. The van der Waals surface area contributed by atoms with Gasteiger partial charge in [0.05, 0.1) is 47.5 Å². The quantitative estimate of drug-likeness (QED) is 0.185. The van der Waals surface area contributed by atoms with E-state index in [1.54, 1.807) is 23.0 Å². The maximum absolute atomic E-state index is 13.9. The lowest BCUT2D eigenvalue weighted by atomic mass is 9.89. The van der Waals surface area contributed by atoms with Crippen molar-refractivity contribution in [3.8, 4) is 6.07 Å². The second kappa shape index (κ2) is 12.5. The average Bonchev–Trinajstić information content (AvgIpc) is 3.73. The van der Waals surface area contributed by atoms with E-state index in [1.165, 1.54) is 30.5 Å². The highest BCUT2D eigenvalue weighted by atomic mass is 35.5. The maximum Gasteiger partial charge on any atom is 0.407 e. The Bertz CT molecular complexity index is 1800. The number of hydrogen-bond acceptors (Lipinski definition) is 8. The number of aromatic nitrogens is 4. The van der Waals surface area contributed by atoms with Crippen molar-refractivity contribution in [2.24, 2.45) is 0 Å². The Morgan fingerprint density at radius 3 is 2.60 bits per heavy atom. The molecule has 234 valence electrons. The zero-order valence-corrected chi connectivity index (χ0v) is 26.2. The van der Waals surface area contributed by atoms with Crippen molar-refractivity contribution in [3.05, 3.63) is 76.5 Å². The first-order valence-corrected chi connectivity index (χ1v) is 15.6. The van der Waals surface area contributed by atoms with Crippen LogP contribution in [0.3, 0.4) is 0 Å². The number of alkyl carbamates (subject to hydrolysis) is 1. The van der Waals surface area contributed by atoms with E-state index < -0.39 is 23.5 Å². The van der Waals surface area contributed by atoms with Crippen molar-refractivity contribution < 1.29 is 15.3 Å². The summed E-state index contributed by atoms with van der Waals surface area (Å²) in [6.07, 6.45) is 8.12. The number of fused-ring (bicyclic) bond motifs is 1. The smallest absolute Gasteiger partial charge is 0.407 e. The van der Waals surface area contributed by atoms with Crippen LogP contribution < -0.4 is 16.0 Å². The number of amides is 1. The summed E-state index contributed by atoms with van der Waals surface area (Å²) in [6.45, 7) is 5.45. The van der Waals surface area contributed by atoms with Crippen LogP contribution in [0.15, 0.2) is 48.8 Å². The van der Waals surface area contributed by atoms with E-state index in [2.05, 4.69) is 37.3 Å². The van der Waals surface area contributed by atoms with Gasteiger partial charge in [0, 0.05) is 23.3 Å². The molecule has 0 unspecified atom stereocenters. The third kappa shape index (κ3) is 7.12. The first-order chi connectivity index (χ1) is 21.9. The number of hydrogen-bond donors (Lipinski definition) is 3. The summed E-state index contributed by atoms with van der Waals surface area (Å²) in [6, 6.07) is 9.54. The number of carbonyl (C=O) groups excluding carboxylic acids is 1. The number of rotatable bonds is 8. The SMILES string of the molecule is [2H][C@@](Nc1cc(Cl)c2ncc(C#N)c(N[C@H]3CCCC[C@H]3NC(=O)OC(C)(C)C)c2c1)(c1ccc(F)cc1)c1cn(C2CC2)nn1. The van der Waals surface area contributed by atoms with Gasteiger partial charge >= 0.3 is 6.09 Å². The van der Waals surface area contributed by atoms with Gasteiger partial charge in [-0.3, -0.25) is 4.98 Å². The van der Waals surface area contributed by atoms with E-state index in [-0.39, 0.29) is 18.1 Å². The molecule has 0 saturated heterocycles. The minimum Gasteiger partial charge on any atom is -0.444 e. The summed E-state index contributed by atoms with van der Waals surface area (Å²) in [5.41, 5.74) is 1.92. The second-order valence-electron chi connectivity index (χ2n) is 12.6. The van der Waals surface area contributed by atoms with Crippen molar-refractivity contribution in [2.45, 2.75) is 89.0 Å². The molecule has 3 atom stereocenters. The first-order valence-electron chi connectivity index (χ1n) is 15.7. The topological polar surface area (TPSA) is 130 Å². The lowest BCUT2D eigenvalue weighted by Gasteiger charge is -2.34. The van der Waals surface area contributed by atoms with Gasteiger partial charge in [0.2, 0.25) is 0 Å². The molecule has 2 aliphatic carbocycles. The molecular formula is C33H36ClFN8O2. The molecule has 2 aromatic heterocycles. The van der Waals surface area contributed by atoms with Crippen molar-refractivity contribution in [1.82, 2.24) is 25.3 Å². The number of halogens is 2. The summed E-state index contributed by atoms with van der Waals surface area (Å²) in [5, 5.41) is 29.4. The fourth-order valence-electron chi connectivity index (χ4n) is 5.65. The molecule has 1 amide bonds. The van der Waals surface area contributed by atoms with E-state index in [0.717, 1.165) is 38.5 Å². The summed E-state index contributed by atoms with van der Waals surface area (Å²) in [7, 11) is 0. The normalized spacial score (nSPS) is 20.0. The Morgan fingerprint density at radius 2 is 1.91 bits per heavy atom. The summed E-state index contributed by atoms with van der Waals surface area (Å²) < 4.78 is 30.8. The third-order valence-corrected chi connectivity index (χ3v) is 8.22. The molecule has 2 saturated carbocycles. The molecular weight excluding hydrogens is 595 g/mol. The van der Waals surface area contributed by atoms with Gasteiger partial charge in [-0.1, -0.05) is 41.8 Å². The Morgan fingerprint density at radius 1 is 1.18 bits per heavy atom. The molecule has 6 rings (SSSR count). The zero-order valence-electron chi connectivity index (χ0n) is 26.4. The largest absolute Gasteiger partial charge is 0.444 e. The molecule has 2 aromatic carbocycles. The number of ether oxygens (including phenoxy) is 1. The van der Waals surface area contributed by atoms with Crippen LogP contribution in [0.2, 0.25) is 5.02 Å². The Hall–Kier alpha value is -4.43. The van der Waals surface area contributed by atoms with Gasteiger partial charge in [-0.25, -0.2) is 13.9 Å².